The summed E-state index contributed by atoms with van der Waals surface area (Å²) in [6.07, 6.45) is 1.68. The van der Waals surface area contributed by atoms with E-state index in [-0.39, 0.29) is 11.7 Å². The number of alkyl halides is 1. The zero-order valence-corrected chi connectivity index (χ0v) is 13.4. The van der Waals surface area contributed by atoms with Crippen molar-refractivity contribution in [2.45, 2.75) is 51.7 Å². The fourth-order valence-electron chi connectivity index (χ4n) is 2.15. The molecule has 1 unspecified atom stereocenters. The number of carbonyl (C=O) groups excluding carboxylic acids is 1. The first-order valence-corrected chi connectivity index (χ1v) is 7.62. The normalized spacial score (nSPS) is 25.1. The van der Waals surface area contributed by atoms with Gasteiger partial charge in [0.1, 0.15) is 5.60 Å². The Bertz CT molecular complexity index is 286. The molecule has 0 spiro atoms. The molecule has 1 atom stereocenters. The fraction of sp³-hybridized carbons (Fsp3) is 0.923. The first kappa shape index (κ1) is 15.8. The number of likely N-dealkylation sites (tertiary alicyclic amines) is 1. The average Bonchev–Trinajstić information content (AvgIpc) is 2.27. The van der Waals surface area contributed by atoms with Crippen LogP contribution in [0, 0.1) is 0 Å². The van der Waals surface area contributed by atoms with Gasteiger partial charge in [-0.05, 0) is 40.5 Å². The molecule has 1 fully saturated rings. The first-order valence-electron chi connectivity index (χ1n) is 6.50. The third-order valence-corrected chi connectivity index (χ3v) is 3.91. The van der Waals surface area contributed by atoms with Crippen LogP contribution < -0.4 is 0 Å². The molecule has 0 saturated carbocycles. The molecular formula is C13H24BrNO3. The van der Waals surface area contributed by atoms with Crippen LogP contribution in [0.1, 0.15) is 40.5 Å². The molecule has 1 saturated heterocycles. The Morgan fingerprint density at radius 2 is 2.11 bits per heavy atom. The van der Waals surface area contributed by atoms with Crippen molar-refractivity contribution in [3.8, 4) is 0 Å². The fourth-order valence-corrected chi connectivity index (χ4v) is 2.77. The zero-order chi connectivity index (χ0) is 13.8. The number of amides is 1. The van der Waals surface area contributed by atoms with Gasteiger partial charge in [0, 0.05) is 18.5 Å². The van der Waals surface area contributed by atoms with Crippen LogP contribution in [0.4, 0.5) is 4.79 Å². The topological polar surface area (TPSA) is 38.8 Å². The molecule has 1 rings (SSSR count). The van der Waals surface area contributed by atoms with Crippen molar-refractivity contribution in [1.29, 1.82) is 0 Å². The van der Waals surface area contributed by atoms with Crippen molar-refractivity contribution in [1.82, 2.24) is 4.90 Å². The predicted molar refractivity (Wildman–Crippen MR) is 75.2 cm³/mol. The molecule has 1 amide bonds. The molecule has 0 radical (unpaired) electrons. The summed E-state index contributed by atoms with van der Waals surface area (Å²) in [5.41, 5.74) is -0.707. The molecule has 0 aliphatic carbocycles. The Morgan fingerprint density at radius 1 is 1.44 bits per heavy atom. The largest absolute Gasteiger partial charge is 0.444 e. The first-order chi connectivity index (χ1) is 8.32. The number of piperidine rings is 1. The van der Waals surface area contributed by atoms with Crippen molar-refractivity contribution >= 4 is 22.0 Å². The Hall–Kier alpha value is -0.290. The number of halogens is 1. The smallest absolute Gasteiger partial charge is 0.410 e. The lowest BCUT2D eigenvalue weighted by atomic mass is 9.95. The standard InChI is InChI=1S/C13H24BrNO3/c1-5-17-13(9-14)7-6-8-15(10-13)11(16)18-12(2,3)4/h5-10H2,1-4H3. The molecule has 1 aliphatic heterocycles. The maximum absolute atomic E-state index is 12.1. The number of carbonyl (C=O) groups is 1. The minimum atomic E-state index is -0.447. The maximum Gasteiger partial charge on any atom is 0.410 e. The summed E-state index contributed by atoms with van der Waals surface area (Å²) in [6.45, 7) is 9.64. The molecule has 1 heterocycles. The maximum atomic E-state index is 12.1. The Balaban J connectivity index is 2.65. The minimum absolute atomic E-state index is 0.243. The van der Waals surface area contributed by atoms with Crippen molar-refractivity contribution in [3.05, 3.63) is 0 Å². The zero-order valence-electron chi connectivity index (χ0n) is 11.8. The van der Waals surface area contributed by atoms with E-state index in [1.807, 2.05) is 27.7 Å². The van der Waals surface area contributed by atoms with Crippen molar-refractivity contribution < 1.29 is 14.3 Å². The number of hydrogen-bond donors (Lipinski definition) is 0. The summed E-state index contributed by atoms with van der Waals surface area (Å²) in [6, 6.07) is 0. The van der Waals surface area contributed by atoms with Crippen LogP contribution in [0.2, 0.25) is 0 Å². The second-order valence-electron chi connectivity index (χ2n) is 5.76. The highest BCUT2D eigenvalue weighted by Crippen LogP contribution is 2.28. The van der Waals surface area contributed by atoms with E-state index in [0.717, 1.165) is 24.7 Å². The SMILES string of the molecule is CCOC1(CBr)CCCN(C(=O)OC(C)(C)C)C1. The van der Waals surface area contributed by atoms with Crippen LogP contribution in [0.5, 0.6) is 0 Å². The quantitative estimate of drug-likeness (QED) is 0.749. The van der Waals surface area contributed by atoms with Gasteiger partial charge < -0.3 is 14.4 Å². The highest BCUT2D eigenvalue weighted by atomic mass is 79.9. The minimum Gasteiger partial charge on any atom is -0.444 e. The molecule has 106 valence electrons. The van der Waals surface area contributed by atoms with Crippen LogP contribution in [0.15, 0.2) is 0 Å². The van der Waals surface area contributed by atoms with Gasteiger partial charge in [-0.2, -0.15) is 0 Å². The molecule has 0 aromatic heterocycles. The van der Waals surface area contributed by atoms with Crippen molar-refractivity contribution in [2.75, 3.05) is 25.0 Å². The van der Waals surface area contributed by atoms with E-state index in [9.17, 15) is 4.79 Å². The summed E-state index contributed by atoms with van der Waals surface area (Å²) in [5.74, 6) is 0. The second-order valence-corrected chi connectivity index (χ2v) is 6.32. The molecule has 1 aliphatic rings. The van der Waals surface area contributed by atoms with E-state index in [1.165, 1.54) is 0 Å². The highest BCUT2D eigenvalue weighted by Gasteiger charge is 2.38. The Labute approximate surface area is 118 Å². The van der Waals surface area contributed by atoms with E-state index < -0.39 is 5.60 Å². The van der Waals surface area contributed by atoms with Gasteiger partial charge in [-0.1, -0.05) is 15.9 Å². The van der Waals surface area contributed by atoms with Gasteiger partial charge in [-0.15, -0.1) is 0 Å². The lowest BCUT2D eigenvalue weighted by molar-refractivity contribution is -0.0716. The lowest BCUT2D eigenvalue weighted by Crippen LogP contribution is -2.53. The van der Waals surface area contributed by atoms with E-state index in [4.69, 9.17) is 9.47 Å². The molecule has 5 heteroatoms. The number of rotatable bonds is 3. The van der Waals surface area contributed by atoms with E-state index >= 15 is 0 Å². The molecular weight excluding hydrogens is 298 g/mol. The summed E-state index contributed by atoms with van der Waals surface area (Å²) >= 11 is 3.50. The monoisotopic (exact) mass is 321 g/mol. The van der Waals surface area contributed by atoms with Crippen LogP contribution in [0.25, 0.3) is 0 Å². The van der Waals surface area contributed by atoms with Gasteiger partial charge in [0.05, 0.1) is 12.1 Å². The van der Waals surface area contributed by atoms with Crippen LogP contribution >= 0.6 is 15.9 Å². The van der Waals surface area contributed by atoms with Gasteiger partial charge in [0.15, 0.2) is 0 Å². The third kappa shape index (κ3) is 4.43. The van der Waals surface area contributed by atoms with Crippen LogP contribution in [-0.2, 0) is 9.47 Å². The molecule has 18 heavy (non-hydrogen) atoms. The summed E-state index contributed by atoms with van der Waals surface area (Å²) in [4.78, 5) is 13.8. The molecule has 4 nitrogen and oxygen atoms in total. The van der Waals surface area contributed by atoms with Gasteiger partial charge in [0.2, 0.25) is 0 Å². The summed E-state index contributed by atoms with van der Waals surface area (Å²) in [5, 5.41) is 0.743. The number of ether oxygens (including phenoxy) is 2. The van der Waals surface area contributed by atoms with Gasteiger partial charge in [-0.3, -0.25) is 0 Å². The lowest BCUT2D eigenvalue weighted by Gasteiger charge is -2.41. The Morgan fingerprint density at radius 3 is 2.61 bits per heavy atom. The van der Waals surface area contributed by atoms with Crippen molar-refractivity contribution in [3.63, 3.8) is 0 Å². The predicted octanol–water partition coefficient (Wildman–Crippen LogP) is 3.19. The summed E-state index contributed by atoms with van der Waals surface area (Å²) < 4.78 is 11.2. The average molecular weight is 322 g/mol. The second kappa shape index (κ2) is 6.24. The highest BCUT2D eigenvalue weighted by molar-refractivity contribution is 9.09. The van der Waals surface area contributed by atoms with E-state index in [0.29, 0.717) is 13.2 Å². The third-order valence-electron chi connectivity index (χ3n) is 2.89. The van der Waals surface area contributed by atoms with Gasteiger partial charge >= 0.3 is 6.09 Å². The van der Waals surface area contributed by atoms with Crippen LogP contribution in [0.3, 0.4) is 0 Å². The number of nitrogens with zero attached hydrogens (tertiary/aromatic N) is 1. The summed E-state index contributed by atoms with van der Waals surface area (Å²) in [7, 11) is 0. The molecule has 0 aromatic carbocycles. The van der Waals surface area contributed by atoms with E-state index in [1.54, 1.807) is 4.90 Å². The molecule has 0 N–H and O–H groups in total. The molecule has 0 bridgehead atoms. The van der Waals surface area contributed by atoms with Gasteiger partial charge in [-0.25, -0.2) is 4.79 Å². The van der Waals surface area contributed by atoms with Crippen molar-refractivity contribution in [2.24, 2.45) is 0 Å². The Kier molecular flexibility index (Phi) is 5.46. The number of hydrogen-bond acceptors (Lipinski definition) is 3. The van der Waals surface area contributed by atoms with Crippen LogP contribution in [-0.4, -0.2) is 47.2 Å². The molecule has 0 aromatic rings. The van der Waals surface area contributed by atoms with E-state index in [2.05, 4.69) is 15.9 Å². The van der Waals surface area contributed by atoms with Gasteiger partial charge in [0.25, 0.3) is 0 Å².